The number of aromatic nitrogens is 1. The second-order valence-corrected chi connectivity index (χ2v) is 8.86. The molecule has 5 nitrogen and oxygen atoms in total. The van der Waals surface area contributed by atoms with Gasteiger partial charge in [-0.25, -0.2) is 4.98 Å². The summed E-state index contributed by atoms with van der Waals surface area (Å²) in [7, 11) is 1.44. The number of hydrogen-bond donors (Lipinski definition) is 0. The van der Waals surface area contributed by atoms with E-state index < -0.39 is 5.41 Å². The van der Waals surface area contributed by atoms with Crippen LogP contribution in [0.15, 0.2) is 54.6 Å². The first-order valence-corrected chi connectivity index (χ1v) is 11.2. The molecular formula is C24H26N2O3S. The van der Waals surface area contributed by atoms with Crippen LogP contribution in [0.3, 0.4) is 0 Å². The SMILES string of the molecule is COC(=O)C1(c2ccccc2)CCN(C(=O)CCCc2nc3ccccc3s2)CC1. The lowest BCUT2D eigenvalue weighted by atomic mass is 9.72. The summed E-state index contributed by atoms with van der Waals surface area (Å²) in [5.41, 5.74) is 1.34. The smallest absolute Gasteiger partial charge is 0.316 e. The Balaban J connectivity index is 1.33. The number of fused-ring (bicyclic) bond motifs is 1. The van der Waals surface area contributed by atoms with Gasteiger partial charge in [0.1, 0.15) is 0 Å². The number of thiazole rings is 1. The quantitative estimate of drug-likeness (QED) is 0.554. The summed E-state index contributed by atoms with van der Waals surface area (Å²) in [6.07, 6.45) is 3.29. The van der Waals surface area contributed by atoms with Crippen molar-refractivity contribution in [1.82, 2.24) is 9.88 Å². The number of carbonyl (C=O) groups is 2. The van der Waals surface area contributed by atoms with E-state index in [2.05, 4.69) is 11.1 Å². The molecule has 6 heteroatoms. The van der Waals surface area contributed by atoms with Crippen LogP contribution in [-0.4, -0.2) is 42.0 Å². The predicted octanol–water partition coefficient (Wildman–Crippen LogP) is 4.35. The van der Waals surface area contributed by atoms with Crippen LogP contribution in [0.1, 0.15) is 36.3 Å². The van der Waals surface area contributed by atoms with Crippen molar-refractivity contribution in [2.24, 2.45) is 0 Å². The highest BCUT2D eigenvalue weighted by molar-refractivity contribution is 7.18. The fourth-order valence-corrected chi connectivity index (χ4v) is 5.29. The molecule has 1 fully saturated rings. The number of para-hydroxylation sites is 1. The highest BCUT2D eigenvalue weighted by atomic mass is 32.1. The maximum Gasteiger partial charge on any atom is 0.316 e. The van der Waals surface area contributed by atoms with Crippen molar-refractivity contribution in [3.05, 3.63) is 65.2 Å². The molecule has 1 saturated heterocycles. The molecule has 0 saturated carbocycles. The number of aryl methyl sites for hydroxylation is 1. The number of carbonyl (C=O) groups excluding carboxylic acids is 2. The van der Waals surface area contributed by atoms with Gasteiger partial charge < -0.3 is 9.64 Å². The summed E-state index contributed by atoms with van der Waals surface area (Å²) < 4.78 is 6.32. The van der Waals surface area contributed by atoms with Gasteiger partial charge in [-0.05, 0) is 43.4 Å². The zero-order chi connectivity index (χ0) is 21.0. The normalized spacial score (nSPS) is 15.8. The molecule has 1 aliphatic rings. The molecule has 1 aromatic heterocycles. The second kappa shape index (κ2) is 8.96. The molecule has 1 amide bonds. The van der Waals surface area contributed by atoms with E-state index in [1.54, 1.807) is 11.3 Å². The van der Waals surface area contributed by atoms with Gasteiger partial charge >= 0.3 is 5.97 Å². The van der Waals surface area contributed by atoms with Gasteiger partial charge in [0.15, 0.2) is 0 Å². The van der Waals surface area contributed by atoms with Crippen LogP contribution in [0.4, 0.5) is 0 Å². The van der Waals surface area contributed by atoms with Crippen LogP contribution in [0.5, 0.6) is 0 Å². The van der Waals surface area contributed by atoms with Crippen molar-refractivity contribution in [2.75, 3.05) is 20.2 Å². The summed E-state index contributed by atoms with van der Waals surface area (Å²) >= 11 is 1.70. The van der Waals surface area contributed by atoms with Crippen LogP contribution in [0, 0.1) is 0 Å². The van der Waals surface area contributed by atoms with E-state index in [1.165, 1.54) is 11.8 Å². The van der Waals surface area contributed by atoms with Gasteiger partial charge in [-0.2, -0.15) is 0 Å². The minimum absolute atomic E-state index is 0.155. The average Bonchev–Trinajstić information content (AvgIpc) is 3.22. The Kier molecular flexibility index (Phi) is 6.13. The van der Waals surface area contributed by atoms with Gasteiger partial charge in [0.05, 0.1) is 27.7 Å². The van der Waals surface area contributed by atoms with E-state index in [1.807, 2.05) is 53.4 Å². The van der Waals surface area contributed by atoms with Crippen molar-refractivity contribution in [1.29, 1.82) is 0 Å². The van der Waals surface area contributed by atoms with E-state index in [0.717, 1.165) is 28.9 Å². The van der Waals surface area contributed by atoms with Gasteiger partial charge in [0, 0.05) is 19.5 Å². The van der Waals surface area contributed by atoms with Crippen LogP contribution < -0.4 is 0 Å². The Bertz CT molecular complexity index is 990. The second-order valence-electron chi connectivity index (χ2n) is 7.75. The number of esters is 1. The van der Waals surface area contributed by atoms with Crippen molar-refractivity contribution in [2.45, 2.75) is 37.5 Å². The number of piperidine rings is 1. The van der Waals surface area contributed by atoms with E-state index in [0.29, 0.717) is 32.4 Å². The Hall–Kier alpha value is -2.73. The van der Waals surface area contributed by atoms with Crippen LogP contribution in [-0.2, 0) is 26.2 Å². The number of methoxy groups -OCH3 is 1. The fraction of sp³-hybridized carbons (Fsp3) is 0.375. The monoisotopic (exact) mass is 422 g/mol. The summed E-state index contributed by atoms with van der Waals surface area (Å²) in [5, 5.41) is 1.08. The molecule has 0 unspecified atom stereocenters. The number of likely N-dealkylation sites (tertiary alicyclic amines) is 1. The van der Waals surface area contributed by atoms with E-state index in [4.69, 9.17) is 4.74 Å². The first-order valence-electron chi connectivity index (χ1n) is 10.4. The zero-order valence-corrected chi connectivity index (χ0v) is 18.0. The van der Waals surface area contributed by atoms with Crippen LogP contribution >= 0.6 is 11.3 Å². The van der Waals surface area contributed by atoms with Crippen LogP contribution in [0.2, 0.25) is 0 Å². The van der Waals surface area contributed by atoms with Crippen molar-refractivity contribution < 1.29 is 14.3 Å². The topological polar surface area (TPSA) is 59.5 Å². The highest BCUT2D eigenvalue weighted by Gasteiger charge is 2.44. The number of rotatable bonds is 6. The maximum atomic E-state index is 12.7. The summed E-state index contributed by atoms with van der Waals surface area (Å²) in [6, 6.07) is 17.9. The minimum Gasteiger partial charge on any atom is -0.468 e. The molecule has 0 radical (unpaired) electrons. The first kappa shape index (κ1) is 20.5. The van der Waals surface area contributed by atoms with Crippen molar-refractivity contribution in [3.8, 4) is 0 Å². The van der Waals surface area contributed by atoms with Crippen molar-refractivity contribution in [3.63, 3.8) is 0 Å². The third kappa shape index (κ3) is 4.10. The predicted molar refractivity (Wildman–Crippen MR) is 119 cm³/mol. The molecule has 3 aromatic rings. The first-order chi connectivity index (χ1) is 14.6. The number of nitrogens with zero attached hydrogens (tertiary/aromatic N) is 2. The Morgan fingerprint density at radius 1 is 1.07 bits per heavy atom. The number of ether oxygens (including phenoxy) is 1. The van der Waals surface area contributed by atoms with Gasteiger partial charge in [-0.15, -0.1) is 11.3 Å². The van der Waals surface area contributed by atoms with Gasteiger partial charge in [-0.3, -0.25) is 9.59 Å². The molecule has 2 heterocycles. The molecule has 30 heavy (non-hydrogen) atoms. The molecule has 1 aliphatic heterocycles. The lowest BCUT2D eigenvalue weighted by Crippen LogP contribution is -2.49. The molecule has 0 bridgehead atoms. The Labute approximate surface area is 180 Å². The van der Waals surface area contributed by atoms with E-state index in [-0.39, 0.29) is 11.9 Å². The van der Waals surface area contributed by atoms with Gasteiger partial charge in [-0.1, -0.05) is 42.5 Å². The van der Waals surface area contributed by atoms with E-state index >= 15 is 0 Å². The number of hydrogen-bond acceptors (Lipinski definition) is 5. The molecule has 0 N–H and O–H groups in total. The highest BCUT2D eigenvalue weighted by Crippen LogP contribution is 2.37. The molecule has 4 rings (SSSR count). The Morgan fingerprint density at radius 3 is 2.47 bits per heavy atom. The largest absolute Gasteiger partial charge is 0.468 e. The molecule has 0 atom stereocenters. The minimum atomic E-state index is -0.659. The molecule has 156 valence electrons. The number of amides is 1. The Morgan fingerprint density at radius 2 is 1.77 bits per heavy atom. The summed E-state index contributed by atoms with van der Waals surface area (Å²) in [6.45, 7) is 1.15. The summed E-state index contributed by atoms with van der Waals surface area (Å²) in [4.78, 5) is 31.9. The standard InChI is InChI=1S/C24H26N2O3S/c1-29-23(28)24(18-8-3-2-4-9-18)14-16-26(17-15-24)22(27)13-7-12-21-25-19-10-5-6-11-20(19)30-21/h2-6,8-11H,7,12-17H2,1H3. The lowest BCUT2D eigenvalue weighted by molar-refractivity contribution is -0.151. The molecule has 0 aliphatic carbocycles. The zero-order valence-electron chi connectivity index (χ0n) is 17.2. The average molecular weight is 423 g/mol. The third-order valence-corrected chi connectivity index (χ3v) is 7.09. The third-order valence-electron chi connectivity index (χ3n) is 5.99. The molecule has 2 aromatic carbocycles. The van der Waals surface area contributed by atoms with Gasteiger partial charge in [0.2, 0.25) is 5.91 Å². The van der Waals surface area contributed by atoms with Crippen LogP contribution in [0.25, 0.3) is 10.2 Å². The lowest BCUT2D eigenvalue weighted by Gasteiger charge is -2.40. The molecular weight excluding hydrogens is 396 g/mol. The number of benzene rings is 2. The summed E-state index contributed by atoms with van der Waals surface area (Å²) in [5.74, 6) is -0.0562. The maximum absolute atomic E-state index is 12.7. The van der Waals surface area contributed by atoms with Gasteiger partial charge in [0.25, 0.3) is 0 Å². The fourth-order valence-electron chi connectivity index (χ4n) is 4.28. The molecule has 0 spiro atoms. The van der Waals surface area contributed by atoms with Crippen molar-refractivity contribution >= 4 is 33.4 Å². The van der Waals surface area contributed by atoms with E-state index in [9.17, 15) is 9.59 Å².